The summed E-state index contributed by atoms with van der Waals surface area (Å²) in [7, 11) is 0. The summed E-state index contributed by atoms with van der Waals surface area (Å²) in [5.41, 5.74) is 2.45. The van der Waals surface area contributed by atoms with Gasteiger partial charge in [-0.25, -0.2) is 0 Å². The minimum Gasteiger partial charge on any atom is -0.396 e. The van der Waals surface area contributed by atoms with E-state index in [1.54, 1.807) is 0 Å². The Morgan fingerprint density at radius 2 is 2.31 bits per heavy atom. The lowest BCUT2D eigenvalue weighted by molar-refractivity contribution is 0.236. The molecule has 2 rings (SSSR count). The zero-order chi connectivity index (χ0) is 11.2. The van der Waals surface area contributed by atoms with Crippen molar-refractivity contribution in [2.75, 3.05) is 26.2 Å². The first-order chi connectivity index (χ1) is 7.90. The Kier molecular flexibility index (Phi) is 4.08. The summed E-state index contributed by atoms with van der Waals surface area (Å²) in [6.45, 7) is 3.32. The molecule has 1 aromatic rings. The van der Waals surface area contributed by atoms with Gasteiger partial charge in [0, 0.05) is 32.4 Å². The summed E-state index contributed by atoms with van der Waals surface area (Å²) in [5, 5.41) is 8.77. The summed E-state index contributed by atoms with van der Waals surface area (Å²) in [5.74, 6) is 0. The molecule has 0 atom stereocenters. The molecule has 0 bridgehead atoms. The van der Waals surface area contributed by atoms with E-state index in [9.17, 15) is 0 Å². The van der Waals surface area contributed by atoms with Crippen LogP contribution in [0.4, 0.5) is 0 Å². The summed E-state index contributed by atoms with van der Waals surface area (Å²) in [6, 6.07) is 6.04. The van der Waals surface area contributed by atoms with E-state index >= 15 is 0 Å². The number of hydrogen-bond donors (Lipinski definition) is 1. The minimum absolute atomic E-state index is 0.285. The highest BCUT2D eigenvalue weighted by Crippen LogP contribution is 2.19. The molecule has 86 valence electrons. The molecular formula is C13H18N2O. The van der Waals surface area contributed by atoms with Crippen LogP contribution in [0.15, 0.2) is 30.5 Å². The van der Waals surface area contributed by atoms with E-state index in [4.69, 9.17) is 5.11 Å². The maximum Gasteiger partial charge on any atom is 0.0659 e. The molecule has 0 aromatic carbocycles. The second-order valence-corrected chi connectivity index (χ2v) is 4.07. The maximum atomic E-state index is 8.77. The van der Waals surface area contributed by atoms with E-state index in [1.807, 2.05) is 18.3 Å². The third kappa shape index (κ3) is 2.90. The highest BCUT2D eigenvalue weighted by Gasteiger charge is 2.12. The molecule has 3 heteroatoms. The normalized spacial score (nSPS) is 17.2. The molecule has 0 amide bonds. The Balaban J connectivity index is 1.93. The van der Waals surface area contributed by atoms with Crippen molar-refractivity contribution in [3.8, 4) is 0 Å². The molecule has 0 saturated heterocycles. The largest absolute Gasteiger partial charge is 0.396 e. The first kappa shape index (κ1) is 11.3. The van der Waals surface area contributed by atoms with E-state index in [0.29, 0.717) is 0 Å². The monoisotopic (exact) mass is 218 g/mol. The van der Waals surface area contributed by atoms with Crippen LogP contribution in [0.5, 0.6) is 0 Å². The van der Waals surface area contributed by atoms with E-state index in [0.717, 1.165) is 38.2 Å². The van der Waals surface area contributed by atoms with Gasteiger partial charge in [-0.3, -0.25) is 9.88 Å². The summed E-state index contributed by atoms with van der Waals surface area (Å²) in [6.07, 6.45) is 6.02. The Morgan fingerprint density at radius 3 is 2.94 bits per heavy atom. The van der Waals surface area contributed by atoms with Crippen LogP contribution in [0.3, 0.4) is 0 Å². The molecule has 1 aromatic heterocycles. The lowest BCUT2D eigenvalue weighted by Crippen LogP contribution is -2.30. The molecule has 1 aliphatic heterocycles. The van der Waals surface area contributed by atoms with Crippen molar-refractivity contribution < 1.29 is 5.11 Å². The average molecular weight is 218 g/mol. The zero-order valence-electron chi connectivity index (χ0n) is 9.47. The molecular weight excluding hydrogens is 200 g/mol. The molecule has 1 N–H and O–H groups in total. The van der Waals surface area contributed by atoms with Crippen LogP contribution in [0, 0.1) is 0 Å². The summed E-state index contributed by atoms with van der Waals surface area (Å²) >= 11 is 0. The van der Waals surface area contributed by atoms with E-state index in [1.165, 1.54) is 5.57 Å². The third-order valence-electron chi connectivity index (χ3n) is 2.92. The van der Waals surface area contributed by atoms with Gasteiger partial charge in [-0.15, -0.1) is 0 Å². The second-order valence-electron chi connectivity index (χ2n) is 4.07. The van der Waals surface area contributed by atoms with Gasteiger partial charge in [0.2, 0.25) is 0 Å². The first-order valence-electron chi connectivity index (χ1n) is 5.84. The second kappa shape index (κ2) is 5.77. The first-order valence-corrected chi connectivity index (χ1v) is 5.84. The van der Waals surface area contributed by atoms with Crippen molar-refractivity contribution in [2.24, 2.45) is 0 Å². The number of rotatable bonds is 4. The van der Waals surface area contributed by atoms with Crippen LogP contribution in [-0.4, -0.2) is 41.2 Å². The Morgan fingerprint density at radius 1 is 1.38 bits per heavy atom. The van der Waals surface area contributed by atoms with Crippen molar-refractivity contribution in [1.29, 1.82) is 0 Å². The molecule has 3 nitrogen and oxygen atoms in total. The van der Waals surface area contributed by atoms with Crippen molar-refractivity contribution >= 4 is 5.57 Å². The fourth-order valence-electron chi connectivity index (χ4n) is 1.99. The van der Waals surface area contributed by atoms with Gasteiger partial charge in [-0.05, 0) is 30.5 Å². The van der Waals surface area contributed by atoms with Gasteiger partial charge in [0.25, 0.3) is 0 Å². The van der Waals surface area contributed by atoms with Crippen LogP contribution in [0.1, 0.15) is 18.5 Å². The van der Waals surface area contributed by atoms with Crippen molar-refractivity contribution in [3.05, 3.63) is 36.2 Å². The predicted molar refractivity (Wildman–Crippen MR) is 65.0 cm³/mol. The van der Waals surface area contributed by atoms with Crippen LogP contribution < -0.4 is 0 Å². The fourth-order valence-corrected chi connectivity index (χ4v) is 1.99. The Hall–Kier alpha value is -1.19. The van der Waals surface area contributed by atoms with Crippen LogP contribution >= 0.6 is 0 Å². The lowest BCUT2D eigenvalue weighted by atomic mass is 10.0. The smallest absolute Gasteiger partial charge is 0.0659 e. The van der Waals surface area contributed by atoms with Crippen LogP contribution in [0.25, 0.3) is 5.57 Å². The van der Waals surface area contributed by atoms with Crippen LogP contribution in [-0.2, 0) is 0 Å². The summed E-state index contributed by atoms with van der Waals surface area (Å²) in [4.78, 5) is 6.73. The molecule has 16 heavy (non-hydrogen) atoms. The Labute approximate surface area is 96.4 Å². The van der Waals surface area contributed by atoms with Crippen molar-refractivity contribution in [2.45, 2.75) is 12.8 Å². The molecule has 0 saturated carbocycles. The standard InChI is InChI=1S/C13H18N2O/c16-11-3-8-15-9-5-12(6-10-15)13-4-1-2-7-14-13/h1-2,4-5,7,16H,3,6,8-11H2. The molecule has 0 fully saturated rings. The molecule has 0 aliphatic carbocycles. The van der Waals surface area contributed by atoms with Gasteiger partial charge < -0.3 is 5.11 Å². The maximum absolute atomic E-state index is 8.77. The van der Waals surface area contributed by atoms with E-state index < -0.39 is 0 Å². The quantitative estimate of drug-likeness (QED) is 0.833. The third-order valence-corrected chi connectivity index (χ3v) is 2.92. The molecule has 2 heterocycles. The summed E-state index contributed by atoms with van der Waals surface area (Å²) < 4.78 is 0. The SMILES string of the molecule is OCCCN1CC=C(c2ccccn2)CC1. The van der Waals surface area contributed by atoms with E-state index in [-0.39, 0.29) is 6.61 Å². The van der Waals surface area contributed by atoms with Crippen molar-refractivity contribution in [3.63, 3.8) is 0 Å². The van der Waals surface area contributed by atoms with Crippen molar-refractivity contribution in [1.82, 2.24) is 9.88 Å². The van der Waals surface area contributed by atoms with Gasteiger partial charge in [0.1, 0.15) is 0 Å². The van der Waals surface area contributed by atoms with Gasteiger partial charge in [-0.1, -0.05) is 12.1 Å². The van der Waals surface area contributed by atoms with Gasteiger partial charge in [0.15, 0.2) is 0 Å². The fraction of sp³-hybridized carbons (Fsp3) is 0.462. The Bertz CT molecular complexity index is 348. The van der Waals surface area contributed by atoms with Gasteiger partial charge in [0.05, 0.1) is 5.69 Å². The number of pyridine rings is 1. The number of aliphatic hydroxyl groups is 1. The average Bonchev–Trinajstić information content (AvgIpc) is 2.38. The lowest BCUT2D eigenvalue weighted by Gasteiger charge is -2.25. The number of aromatic nitrogens is 1. The minimum atomic E-state index is 0.285. The van der Waals surface area contributed by atoms with Crippen LogP contribution in [0.2, 0.25) is 0 Å². The van der Waals surface area contributed by atoms with Gasteiger partial charge >= 0.3 is 0 Å². The highest BCUT2D eigenvalue weighted by molar-refractivity contribution is 5.63. The molecule has 0 unspecified atom stereocenters. The highest BCUT2D eigenvalue weighted by atomic mass is 16.3. The molecule has 0 radical (unpaired) electrons. The topological polar surface area (TPSA) is 36.4 Å². The molecule has 1 aliphatic rings. The van der Waals surface area contributed by atoms with E-state index in [2.05, 4.69) is 22.0 Å². The molecule has 0 spiro atoms. The van der Waals surface area contributed by atoms with Gasteiger partial charge in [-0.2, -0.15) is 0 Å². The predicted octanol–water partition coefficient (Wildman–Crippen LogP) is 1.55. The number of nitrogens with zero attached hydrogens (tertiary/aromatic N) is 2. The number of aliphatic hydroxyl groups excluding tert-OH is 1. The zero-order valence-corrected chi connectivity index (χ0v) is 9.47. The number of hydrogen-bond acceptors (Lipinski definition) is 3.